The normalized spacial score (nSPS) is 14.3. The van der Waals surface area contributed by atoms with Crippen LogP contribution >= 0.6 is 0 Å². The van der Waals surface area contributed by atoms with Crippen LogP contribution in [0.15, 0.2) is 23.1 Å². The number of rotatable bonds is 5. The van der Waals surface area contributed by atoms with E-state index in [2.05, 4.69) is 10.0 Å². The van der Waals surface area contributed by atoms with Crippen LogP contribution in [-0.4, -0.2) is 39.9 Å². The highest BCUT2D eigenvalue weighted by Gasteiger charge is 2.22. The molecule has 0 saturated carbocycles. The summed E-state index contributed by atoms with van der Waals surface area (Å²) in [4.78, 5) is 24.2. The minimum Gasteiger partial charge on any atom is -0.355 e. The number of benzene rings is 1. The molecule has 0 radical (unpaired) electrons. The molecule has 0 spiro atoms. The highest BCUT2D eigenvalue weighted by Crippen LogP contribution is 2.29. The van der Waals surface area contributed by atoms with Crippen LogP contribution in [0.3, 0.4) is 0 Å². The summed E-state index contributed by atoms with van der Waals surface area (Å²) in [5.41, 5.74) is 1.64. The number of nitrogens with one attached hydrogen (secondary N) is 2. The third-order valence-electron chi connectivity index (χ3n) is 3.65. The maximum Gasteiger partial charge on any atom is 0.240 e. The fourth-order valence-electron chi connectivity index (χ4n) is 2.57. The number of sulfonamides is 1. The second-order valence-corrected chi connectivity index (χ2v) is 7.21. The van der Waals surface area contributed by atoms with E-state index < -0.39 is 10.0 Å². The van der Waals surface area contributed by atoms with Crippen LogP contribution in [0.2, 0.25) is 0 Å². The van der Waals surface area contributed by atoms with Crippen molar-refractivity contribution in [2.75, 3.05) is 24.5 Å². The molecule has 0 fully saturated rings. The molecule has 1 aliphatic heterocycles. The summed E-state index contributed by atoms with van der Waals surface area (Å²) in [5, 5.41) is 2.53. The Balaban J connectivity index is 2.14. The zero-order valence-corrected chi connectivity index (χ0v) is 14.1. The molecule has 0 atom stereocenters. The average Bonchev–Trinajstić information content (AvgIpc) is 2.50. The maximum absolute atomic E-state index is 12.3. The minimum absolute atomic E-state index is 0.0463. The summed E-state index contributed by atoms with van der Waals surface area (Å²) in [7, 11) is -3.63. The van der Waals surface area contributed by atoms with E-state index in [9.17, 15) is 18.0 Å². The Hall–Kier alpha value is -1.93. The number of aryl methyl sites for hydroxylation is 1. The molecule has 2 amide bonds. The summed E-state index contributed by atoms with van der Waals surface area (Å²) < 4.78 is 27.0. The van der Waals surface area contributed by atoms with Gasteiger partial charge in [0.25, 0.3) is 0 Å². The molecule has 2 rings (SSSR count). The molecule has 7 nitrogen and oxygen atoms in total. The highest BCUT2D eigenvalue weighted by molar-refractivity contribution is 7.89. The Labute approximate surface area is 136 Å². The summed E-state index contributed by atoms with van der Waals surface area (Å²) in [5.74, 6) is -0.253. The zero-order chi connectivity index (χ0) is 17.0. The van der Waals surface area contributed by atoms with Gasteiger partial charge in [0.2, 0.25) is 21.8 Å². The second kappa shape index (κ2) is 7.10. The summed E-state index contributed by atoms with van der Waals surface area (Å²) in [6, 6.07) is 4.80. The first kappa shape index (κ1) is 17.4. The standard InChI is InChI=1S/C15H21N3O4S/c1-11(19)16-7-8-17-23(21,22)14-5-6-15-13(10-14)4-3-9-18(15)12(2)20/h5-6,10,17H,3-4,7-9H2,1-2H3,(H,16,19). The van der Waals surface area contributed by atoms with Crippen molar-refractivity contribution < 1.29 is 18.0 Å². The molecule has 0 bridgehead atoms. The molecule has 1 aromatic rings. The van der Waals surface area contributed by atoms with Gasteiger partial charge in [-0.2, -0.15) is 0 Å². The molecule has 0 unspecified atom stereocenters. The Morgan fingerprint density at radius 1 is 1.22 bits per heavy atom. The molecule has 2 N–H and O–H groups in total. The third-order valence-corrected chi connectivity index (χ3v) is 5.11. The van der Waals surface area contributed by atoms with Crippen molar-refractivity contribution >= 4 is 27.5 Å². The molecule has 126 valence electrons. The van der Waals surface area contributed by atoms with E-state index >= 15 is 0 Å². The van der Waals surface area contributed by atoms with E-state index in [-0.39, 0.29) is 29.8 Å². The second-order valence-electron chi connectivity index (χ2n) is 5.45. The fourth-order valence-corrected chi connectivity index (χ4v) is 3.66. The van der Waals surface area contributed by atoms with Crippen LogP contribution in [-0.2, 0) is 26.0 Å². The number of nitrogens with zero attached hydrogens (tertiary/aromatic N) is 1. The largest absolute Gasteiger partial charge is 0.355 e. The van der Waals surface area contributed by atoms with E-state index in [0.29, 0.717) is 6.54 Å². The van der Waals surface area contributed by atoms with Gasteiger partial charge in [-0.1, -0.05) is 0 Å². The van der Waals surface area contributed by atoms with Gasteiger partial charge in [-0.25, -0.2) is 13.1 Å². The Morgan fingerprint density at radius 3 is 2.61 bits per heavy atom. The van der Waals surface area contributed by atoms with Gasteiger partial charge in [-0.15, -0.1) is 0 Å². The Kier molecular flexibility index (Phi) is 5.38. The predicted octanol–water partition coefficient (Wildman–Crippen LogP) is 0.400. The SMILES string of the molecule is CC(=O)NCCNS(=O)(=O)c1ccc2c(c1)CCCN2C(C)=O. The number of amides is 2. The van der Waals surface area contributed by atoms with Crippen molar-refractivity contribution in [3.05, 3.63) is 23.8 Å². The van der Waals surface area contributed by atoms with E-state index in [1.165, 1.54) is 19.9 Å². The topological polar surface area (TPSA) is 95.6 Å². The molecule has 1 aromatic carbocycles. The first-order chi connectivity index (χ1) is 10.8. The molecule has 0 aromatic heterocycles. The van der Waals surface area contributed by atoms with E-state index in [4.69, 9.17) is 0 Å². The molecular weight excluding hydrogens is 318 g/mol. The van der Waals surface area contributed by atoms with Gasteiger partial charge < -0.3 is 10.2 Å². The van der Waals surface area contributed by atoms with E-state index in [1.807, 2.05) is 0 Å². The van der Waals surface area contributed by atoms with Crippen molar-refractivity contribution in [2.24, 2.45) is 0 Å². The number of carbonyl (C=O) groups excluding carboxylic acids is 2. The van der Waals surface area contributed by atoms with Gasteiger partial charge in [0, 0.05) is 39.2 Å². The minimum atomic E-state index is -3.63. The Bertz CT molecular complexity index is 715. The van der Waals surface area contributed by atoms with Crippen LogP contribution in [0, 0.1) is 0 Å². The van der Waals surface area contributed by atoms with Gasteiger partial charge in [-0.3, -0.25) is 9.59 Å². The maximum atomic E-state index is 12.3. The number of anilines is 1. The van der Waals surface area contributed by atoms with Crippen molar-refractivity contribution in [1.29, 1.82) is 0 Å². The third kappa shape index (κ3) is 4.29. The lowest BCUT2D eigenvalue weighted by Gasteiger charge is -2.28. The first-order valence-electron chi connectivity index (χ1n) is 7.46. The summed E-state index contributed by atoms with van der Waals surface area (Å²) in [6.45, 7) is 3.89. The Morgan fingerprint density at radius 2 is 1.96 bits per heavy atom. The van der Waals surface area contributed by atoms with E-state index in [1.54, 1.807) is 17.0 Å². The number of fused-ring (bicyclic) bond motifs is 1. The average molecular weight is 339 g/mol. The van der Waals surface area contributed by atoms with Crippen molar-refractivity contribution in [2.45, 2.75) is 31.6 Å². The van der Waals surface area contributed by atoms with Crippen LogP contribution in [0.1, 0.15) is 25.8 Å². The summed E-state index contributed by atoms with van der Waals surface area (Å²) >= 11 is 0. The van der Waals surface area contributed by atoms with Crippen molar-refractivity contribution in [3.63, 3.8) is 0 Å². The lowest BCUT2D eigenvalue weighted by Crippen LogP contribution is -2.35. The number of carbonyl (C=O) groups is 2. The molecule has 1 heterocycles. The molecule has 1 aliphatic rings. The predicted molar refractivity (Wildman–Crippen MR) is 86.7 cm³/mol. The van der Waals surface area contributed by atoms with Crippen LogP contribution in [0.4, 0.5) is 5.69 Å². The van der Waals surface area contributed by atoms with Crippen LogP contribution in [0.5, 0.6) is 0 Å². The van der Waals surface area contributed by atoms with Crippen molar-refractivity contribution in [3.8, 4) is 0 Å². The van der Waals surface area contributed by atoms with Crippen LogP contribution in [0.25, 0.3) is 0 Å². The van der Waals surface area contributed by atoms with E-state index in [0.717, 1.165) is 24.1 Å². The summed E-state index contributed by atoms with van der Waals surface area (Å²) in [6.07, 6.45) is 1.56. The number of hydrogen-bond acceptors (Lipinski definition) is 4. The number of hydrogen-bond donors (Lipinski definition) is 2. The highest BCUT2D eigenvalue weighted by atomic mass is 32.2. The lowest BCUT2D eigenvalue weighted by atomic mass is 10.0. The molecule has 0 saturated heterocycles. The van der Waals surface area contributed by atoms with Crippen LogP contribution < -0.4 is 14.9 Å². The fraction of sp³-hybridized carbons (Fsp3) is 0.467. The molecular formula is C15H21N3O4S. The molecule has 8 heteroatoms. The lowest BCUT2D eigenvalue weighted by molar-refractivity contribution is -0.119. The zero-order valence-electron chi connectivity index (χ0n) is 13.3. The van der Waals surface area contributed by atoms with Gasteiger partial charge in [0.1, 0.15) is 0 Å². The molecule has 0 aliphatic carbocycles. The van der Waals surface area contributed by atoms with Crippen molar-refractivity contribution in [1.82, 2.24) is 10.0 Å². The quantitative estimate of drug-likeness (QED) is 0.759. The van der Waals surface area contributed by atoms with Gasteiger partial charge in [0.05, 0.1) is 4.90 Å². The first-order valence-corrected chi connectivity index (χ1v) is 8.95. The monoisotopic (exact) mass is 339 g/mol. The van der Waals surface area contributed by atoms with Gasteiger partial charge in [-0.05, 0) is 36.6 Å². The van der Waals surface area contributed by atoms with Gasteiger partial charge in [0.15, 0.2) is 0 Å². The molecule has 23 heavy (non-hydrogen) atoms. The van der Waals surface area contributed by atoms with Gasteiger partial charge >= 0.3 is 0 Å². The smallest absolute Gasteiger partial charge is 0.240 e.